The van der Waals surface area contributed by atoms with Gasteiger partial charge >= 0.3 is 0 Å². The van der Waals surface area contributed by atoms with Crippen LogP contribution >= 0.6 is 0 Å². The highest BCUT2D eigenvalue weighted by Crippen LogP contribution is 2.27. The number of ether oxygens (including phenoxy) is 1. The summed E-state index contributed by atoms with van der Waals surface area (Å²) in [5.74, 6) is 0.865. The lowest BCUT2D eigenvalue weighted by Crippen LogP contribution is -2.46. The second kappa shape index (κ2) is 13.9. The van der Waals surface area contributed by atoms with Gasteiger partial charge in [0, 0.05) is 57.0 Å². The number of carbonyl (C=O) groups is 2. The van der Waals surface area contributed by atoms with Crippen LogP contribution < -0.4 is 5.73 Å². The highest BCUT2D eigenvalue weighted by molar-refractivity contribution is 6.01. The first-order valence-electron chi connectivity index (χ1n) is 14.7. The fourth-order valence-electron chi connectivity index (χ4n) is 5.95. The van der Waals surface area contributed by atoms with E-state index in [4.69, 9.17) is 15.3 Å². The van der Waals surface area contributed by atoms with E-state index in [0.717, 1.165) is 67.9 Å². The average molecular weight is 564 g/mol. The molecule has 2 N–H and O–H groups in total. The molecule has 0 saturated carbocycles. The third-order valence-corrected chi connectivity index (χ3v) is 8.35. The van der Waals surface area contributed by atoms with E-state index < -0.39 is 0 Å². The zero-order valence-corrected chi connectivity index (χ0v) is 23.9. The molecule has 0 aliphatic carbocycles. The molecular formula is C30H41N7O4. The summed E-state index contributed by atoms with van der Waals surface area (Å²) < 4.78 is 5.33. The number of aromatic nitrogens is 2. The topological polar surface area (TPSA) is 126 Å². The molecule has 0 aromatic carbocycles. The summed E-state index contributed by atoms with van der Waals surface area (Å²) in [6, 6.07) is 7.82. The maximum Gasteiger partial charge on any atom is 0.263 e. The van der Waals surface area contributed by atoms with Gasteiger partial charge in [0.1, 0.15) is 11.5 Å². The maximum atomic E-state index is 13.4. The molecule has 2 amide bonds. The van der Waals surface area contributed by atoms with Gasteiger partial charge in [0.15, 0.2) is 6.61 Å². The van der Waals surface area contributed by atoms with E-state index in [0.29, 0.717) is 45.2 Å². The van der Waals surface area contributed by atoms with Crippen LogP contribution in [-0.4, -0.2) is 101 Å². The molecule has 0 bridgehead atoms. The SMILES string of the molecule is Cc1cccnc1C(=NOCC(=O)N1CCOCC1)C1CCN(C(=O)C2CCN(Cc3ccnc(N)c3)CC2)CC1. The number of anilines is 1. The summed E-state index contributed by atoms with van der Waals surface area (Å²) in [4.78, 5) is 46.4. The first-order valence-corrected chi connectivity index (χ1v) is 14.7. The smallest absolute Gasteiger partial charge is 0.263 e. The summed E-state index contributed by atoms with van der Waals surface area (Å²) >= 11 is 0. The quantitative estimate of drug-likeness (QED) is 0.382. The van der Waals surface area contributed by atoms with Gasteiger partial charge in [-0.05, 0) is 75.0 Å². The average Bonchev–Trinajstić information content (AvgIpc) is 3.00. The maximum absolute atomic E-state index is 13.4. The summed E-state index contributed by atoms with van der Waals surface area (Å²) in [7, 11) is 0. The number of nitrogen functional groups attached to an aromatic ring is 1. The van der Waals surface area contributed by atoms with E-state index in [1.54, 1.807) is 17.3 Å². The molecule has 0 radical (unpaired) electrons. The Balaban J connectivity index is 1.14. The van der Waals surface area contributed by atoms with Gasteiger partial charge in [-0.25, -0.2) is 4.98 Å². The molecule has 11 heteroatoms. The molecule has 0 atom stereocenters. The van der Waals surface area contributed by atoms with Crippen LogP contribution in [-0.2, 0) is 25.7 Å². The van der Waals surface area contributed by atoms with Crippen molar-refractivity contribution in [1.29, 1.82) is 0 Å². The van der Waals surface area contributed by atoms with Gasteiger partial charge in [-0.3, -0.25) is 19.5 Å². The summed E-state index contributed by atoms with van der Waals surface area (Å²) in [6.45, 7) is 8.11. The van der Waals surface area contributed by atoms with Gasteiger partial charge in [0.25, 0.3) is 5.91 Å². The minimum Gasteiger partial charge on any atom is -0.385 e. The number of piperidine rings is 2. The third-order valence-electron chi connectivity index (χ3n) is 8.35. The lowest BCUT2D eigenvalue weighted by atomic mass is 9.87. The predicted octanol–water partition coefficient (Wildman–Crippen LogP) is 2.10. The summed E-state index contributed by atoms with van der Waals surface area (Å²) in [5.41, 5.74) is 9.54. The zero-order chi connectivity index (χ0) is 28.6. The number of oxime groups is 1. The number of pyridine rings is 2. The van der Waals surface area contributed by atoms with Gasteiger partial charge in [-0.1, -0.05) is 11.2 Å². The molecule has 2 aromatic rings. The number of morpholine rings is 1. The van der Waals surface area contributed by atoms with E-state index >= 15 is 0 Å². The molecule has 0 unspecified atom stereocenters. The molecule has 11 nitrogen and oxygen atoms in total. The zero-order valence-electron chi connectivity index (χ0n) is 23.9. The van der Waals surface area contributed by atoms with Crippen molar-refractivity contribution < 1.29 is 19.2 Å². The van der Waals surface area contributed by atoms with Crippen molar-refractivity contribution in [2.24, 2.45) is 17.0 Å². The Morgan fingerprint density at radius 2 is 1.71 bits per heavy atom. The fourth-order valence-corrected chi connectivity index (χ4v) is 5.95. The van der Waals surface area contributed by atoms with E-state index in [1.165, 1.54) is 0 Å². The Labute approximate surface area is 241 Å². The monoisotopic (exact) mass is 563 g/mol. The molecule has 3 fully saturated rings. The molecule has 3 aliphatic heterocycles. The van der Waals surface area contributed by atoms with Crippen LogP contribution in [0.4, 0.5) is 5.82 Å². The van der Waals surface area contributed by atoms with E-state index in [1.807, 2.05) is 36.1 Å². The molecule has 5 heterocycles. The lowest BCUT2D eigenvalue weighted by Gasteiger charge is -2.37. The lowest BCUT2D eigenvalue weighted by molar-refractivity contribution is -0.140. The molecule has 220 valence electrons. The van der Waals surface area contributed by atoms with Crippen molar-refractivity contribution in [2.75, 3.05) is 64.8 Å². The van der Waals surface area contributed by atoms with E-state index in [2.05, 4.69) is 20.0 Å². The number of nitrogens with two attached hydrogens (primary N) is 1. The Hall–Kier alpha value is -3.57. The van der Waals surface area contributed by atoms with Gasteiger partial charge in [-0.2, -0.15) is 0 Å². The number of nitrogens with zero attached hydrogens (tertiary/aromatic N) is 6. The molecule has 0 spiro atoms. The second-order valence-corrected chi connectivity index (χ2v) is 11.2. The molecule has 5 rings (SSSR count). The normalized spacial score (nSPS) is 19.8. The molecule has 3 aliphatic rings. The van der Waals surface area contributed by atoms with Gasteiger partial charge in [-0.15, -0.1) is 0 Å². The van der Waals surface area contributed by atoms with Gasteiger partial charge in [0.05, 0.1) is 18.9 Å². The third kappa shape index (κ3) is 7.59. The highest BCUT2D eigenvalue weighted by atomic mass is 16.6. The minimum atomic E-state index is -0.111. The van der Waals surface area contributed by atoms with Crippen LogP contribution in [0.5, 0.6) is 0 Å². The minimum absolute atomic E-state index is 0.0611. The standard InChI is InChI=1S/C30H41N7O4/c1-22-3-2-9-33-28(22)29(34-41-21-27(38)36-15-17-40-18-16-36)24-7-13-37(14-8-24)30(39)25-5-11-35(12-6-25)20-23-4-10-32-26(31)19-23/h2-4,9-10,19,24-25H,5-8,11-18,20-21H2,1H3,(H2,31,32). The molecular weight excluding hydrogens is 522 g/mol. The van der Waals surface area contributed by atoms with E-state index in [9.17, 15) is 9.59 Å². The Bertz CT molecular complexity index is 1220. The van der Waals surface area contributed by atoms with Crippen LogP contribution in [0, 0.1) is 18.8 Å². The van der Waals surface area contributed by atoms with Crippen LogP contribution in [0.3, 0.4) is 0 Å². The predicted molar refractivity (Wildman–Crippen MR) is 155 cm³/mol. The van der Waals surface area contributed by atoms with Crippen LogP contribution in [0.15, 0.2) is 41.8 Å². The van der Waals surface area contributed by atoms with Crippen molar-refractivity contribution in [3.05, 3.63) is 53.5 Å². The number of likely N-dealkylation sites (tertiary alicyclic amines) is 2. The second-order valence-electron chi connectivity index (χ2n) is 11.2. The van der Waals surface area contributed by atoms with Gasteiger partial charge in [0.2, 0.25) is 5.91 Å². The van der Waals surface area contributed by atoms with E-state index in [-0.39, 0.29) is 30.3 Å². The summed E-state index contributed by atoms with van der Waals surface area (Å²) in [6.07, 6.45) is 6.79. The van der Waals surface area contributed by atoms with Crippen LogP contribution in [0.2, 0.25) is 0 Å². The van der Waals surface area contributed by atoms with Crippen molar-refractivity contribution in [3.63, 3.8) is 0 Å². The fraction of sp³-hybridized carbons (Fsp3) is 0.567. The van der Waals surface area contributed by atoms with Crippen molar-refractivity contribution in [2.45, 2.75) is 39.2 Å². The first kappa shape index (κ1) is 28.9. The first-order chi connectivity index (χ1) is 20.0. The molecule has 41 heavy (non-hydrogen) atoms. The van der Waals surface area contributed by atoms with Crippen LogP contribution in [0.1, 0.15) is 42.5 Å². The molecule has 3 saturated heterocycles. The van der Waals surface area contributed by atoms with Crippen molar-refractivity contribution in [1.82, 2.24) is 24.7 Å². The molecule has 2 aromatic heterocycles. The number of hydrogen-bond donors (Lipinski definition) is 1. The number of rotatable bonds is 8. The number of carbonyl (C=O) groups excluding carboxylic acids is 2. The number of amides is 2. The van der Waals surface area contributed by atoms with Gasteiger partial charge < -0.3 is 25.1 Å². The van der Waals surface area contributed by atoms with Crippen LogP contribution in [0.25, 0.3) is 0 Å². The Morgan fingerprint density at radius 3 is 2.41 bits per heavy atom. The highest BCUT2D eigenvalue weighted by Gasteiger charge is 2.33. The number of aryl methyl sites for hydroxylation is 1. The summed E-state index contributed by atoms with van der Waals surface area (Å²) in [5, 5.41) is 4.48. The largest absolute Gasteiger partial charge is 0.385 e. The Kier molecular flexibility index (Phi) is 9.79. The van der Waals surface area contributed by atoms with Crippen molar-refractivity contribution >= 4 is 23.3 Å². The van der Waals surface area contributed by atoms with Crippen molar-refractivity contribution in [3.8, 4) is 0 Å². The number of hydrogen-bond acceptors (Lipinski definition) is 9. The Morgan fingerprint density at radius 1 is 0.976 bits per heavy atom.